The summed E-state index contributed by atoms with van der Waals surface area (Å²) in [6.45, 7) is 0.723. The van der Waals surface area contributed by atoms with Crippen molar-refractivity contribution in [2.45, 2.75) is 30.8 Å². The Morgan fingerprint density at radius 3 is 2.04 bits per heavy atom. The van der Waals surface area contributed by atoms with Gasteiger partial charge in [0.25, 0.3) is 0 Å². The van der Waals surface area contributed by atoms with Crippen LogP contribution in [0.3, 0.4) is 0 Å². The number of nitrogens with one attached hydrogen (secondary N) is 2. The van der Waals surface area contributed by atoms with Crippen molar-refractivity contribution in [2.75, 3.05) is 31.5 Å². The van der Waals surface area contributed by atoms with Crippen LogP contribution in [0.1, 0.15) is 23.7 Å². The largest absolute Gasteiger partial charge is 1.00 e. The molecule has 1 aromatic heterocycles. The van der Waals surface area contributed by atoms with E-state index in [-0.39, 0.29) is 87.1 Å². The van der Waals surface area contributed by atoms with E-state index in [0.29, 0.717) is 10.9 Å². The number of hydrogen-bond acceptors (Lipinski definition) is 8. The number of aliphatic hydroxyl groups excluding tert-OH is 1. The number of nitrogens with two attached hydrogens (primary N) is 3. The van der Waals surface area contributed by atoms with E-state index >= 15 is 0 Å². The summed E-state index contributed by atoms with van der Waals surface area (Å²) in [5, 5.41) is 16.6. The fourth-order valence-electron chi connectivity index (χ4n) is 4.05. The van der Waals surface area contributed by atoms with Gasteiger partial charge in [0, 0.05) is 31.6 Å². The predicted octanol–water partition coefficient (Wildman–Crippen LogP) is -11.1. The van der Waals surface area contributed by atoms with Gasteiger partial charge in [-0.25, -0.2) is 0 Å². The molecule has 3 aromatic rings. The highest BCUT2D eigenvalue weighted by Crippen LogP contribution is 2.30. The van der Waals surface area contributed by atoms with Gasteiger partial charge in [-0.3, -0.25) is 19.4 Å². The van der Waals surface area contributed by atoms with Gasteiger partial charge in [0.1, 0.15) is 12.1 Å². The molecule has 252 valence electrons. The first-order valence-electron chi connectivity index (χ1n) is 12.7. The van der Waals surface area contributed by atoms with Crippen LogP contribution in [0.5, 0.6) is 0 Å². The number of benzene rings is 2. The van der Waals surface area contributed by atoms with E-state index in [9.17, 15) is 32.7 Å². The highest BCUT2D eigenvalue weighted by Gasteiger charge is 2.34. The number of fused-ring (bicyclic) bond motifs is 1. The highest BCUT2D eigenvalue weighted by atomic mass is 35.5. The number of anilines is 1. The molecule has 0 bridgehead atoms. The molecule has 0 fully saturated rings. The van der Waals surface area contributed by atoms with Gasteiger partial charge in [0.2, 0.25) is 17.7 Å². The molecule has 1 unspecified atom stereocenters. The zero-order chi connectivity index (χ0) is 30.2. The zero-order valence-corrected chi connectivity index (χ0v) is 26.5. The van der Waals surface area contributed by atoms with E-state index in [1.165, 1.54) is 11.1 Å². The van der Waals surface area contributed by atoms with Gasteiger partial charge in [0.05, 0.1) is 35.4 Å². The SMILES string of the molecule is NCCN(CCN)C(=O)C[C@H](N)C(=O)N[C@H](C(=O)Nc1cnc2ccccc2c1)C(O)c1ccc(C(F)(F)F)cc1.[Cl-].[Cl-].[Cl-].[Cl-]. The Hall–Kier alpha value is -2.95. The summed E-state index contributed by atoms with van der Waals surface area (Å²) in [4.78, 5) is 44.5. The van der Waals surface area contributed by atoms with Gasteiger partial charge in [0.15, 0.2) is 0 Å². The standard InChI is InChI=1S/C27H32F3N7O4.4ClH/c28-27(29,30)18-7-5-16(6-8-18)24(39)23(26(41)35-19-13-17-3-1-2-4-21(17)34-15-19)36-25(40)20(33)14-22(38)37(11-9-31)12-10-32;;;;/h1-8,13,15,20,23-24,39H,9-12,14,31-33H2,(H,35,41)(H,36,40);4*1H/p-4/t20-,23-,24?;;;;/m0..../s1. The third-order valence-corrected chi connectivity index (χ3v) is 6.22. The number of rotatable bonds is 12. The fourth-order valence-corrected chi connectivity index (χ4v) is 4.05. The Morgan fingerprint density at radius 2 is 1.49 bits per heavy atom. The predicted molar refractivity (Wildman–Crippen MR) is 146 cm³/mol. The van der Waals surface area contributed by atoms with Crippen molar-refractivity contribution in [1.82, 2.24) is 15.2 Å². The second kappa shape index (κ2) is 20.2. The van der Waals surface area contributed by atoms with Crippen molar-refractivity contribution in [3.8, 4) is 0 Å². The Balaban J connectivity index is 0. The molecule has 45 heavy (non-hydrogen) atoms. The monoisotopic (exact) mass is 715 g/mol. The number of amides is 3. The zero-order valence-electron chi connectivity index (χ0n) is 23.5. The molecule has 3 amide bonds. The molecule has 11 nitrogen and oxygen atoms in total. The van der Waals surface area contributed by atoms with E-state index in [1.807, 2.05) is 0 Å². The Morgan fingerprint density at radius 1 is 0.911 bits per heavy atom. The molecule has 1 heterocycles. The molecule has 18 heteroatoms. The average molecular weight is 717 g/mol. The molecular weight excluding hydrogens is 685 g/mol. The first-order chi connectivity index (χ1) is 19.4. The number of aliphatic hydroxyl groups is 1. The summed E-state index contributed by atoms with van der Waals surface area (Å²) >= 11 is 0. The van der Waals surface area contributed by atoms with Crippen LogP contribution >= 0.6 is 0 Å². The van der Waals surface area contributed by atoms with E-state index in [2.05, 4.69) is 15.6 Å². The van der Waals surface area contributed by atoms with Crippen LogP contribution in [0.2, 0.25) is 0 Å². The maximum absolute atomic E-state index is 13.3. The lowest BCUT2D eigenvalue weighted by molar-refractivity contribution is -0.137. The van der Waals surface area contributed by atoms with Gasteiger partial charge in [-0.15, -0.1) is 0 Å². The van der Waals surface area contributed by atoms with Crippen LogP contribution in [0, 0.1) is 0 Å². The number of carbonyl (C=O) groups is 3. The number of carbonyl (C=O) groups excluding carboxylic acids is 3. The minimum Gasteiger partial charge on any atom is -1.00 e. The molecule has 9 N–H and O–H groups in total. The van der Waals surface area contributed by atoms with E-state index in [4.69, 9.17) is 17.2 Å². The van der Waals surface area contributed by atoms with Gasteiger partial charge in [-0.2, -0.15) is 13.2 Å². The second-order valence-corrected chi connectivity index (χ2v) is 9.23. The van der Waals surface area contributed by atoms with E-state index < -0.39 is 54.1 Å². The van der Waals surface area contributed by atoms with Crippen LogP contribution < -0.4 is 77.5 Å². The van der Waals surface area contributed by atoms with Crippen molar-refractivity contribution in [3.63, 3.8) is 0 Å². The summed E-state index contributed by atoms with van der Waals surface area (Å²) in [7, 11) is 0. The van der Waals surface area contributed by atoms with E-state index in [0.717, 1.165) is 24.3 Å². The summed E-state index contributed by atoms with van der Waals surface area (Å²) in [5.41, 5.74) is 16.9. The molecule has 0 aliphatic heterocycles. The maximum atomic E-state index is 13.3. The van der Waals surface area contributed by atoms with Crippen molar-refractivity contribution in [3.05, 3.63) is 71.9 Å². The maximum Gasteiger partial charge on any atom is 0.416 e. The highest BCUT2D eigenvalue weighted by molar-refractivity contribution is 6.00. The third kappa shape index (κ3) is 12.4. The number of aromatic nitrogens is 1. The Kier molecular flexibility index (Phi) is 19.9. The molecule has 0 saturated carbocycles. The second-order valence-electron chi connectivity index (χ2n) is 9.23. The average Bonchev–Trinajstić information content (AvgIpc) is 2.94. The smallest absolute Gasteiger partial charge is 0.416 e. The summed E-state index contributed by atoms with van der Waals surface area (Å²) in [5.74, 6) is -2.33. The van der Waals surface area contributed by atoms with E-state index in [1.54, 1.807) is 30.3 Å². The molecule has 0 spiro atoms. The van der Waals surface area contributed by atoms with Crippen LogP contribution in [-0.2, 0) is 20.6 Å². The van der Waals surface area contributed by atoms with Crippen molar-refractivity contribution < 1.29 is 82.3 Å². The van der Waals surface area contributed by atoms with Crippen molar-refractivity contribution >= 4 is 34.3 Å². The number of hydrogen-bond donors (Lipinski definition) is 6. The summed E-state index contributed by atoms with van der Waals surface area (Å²) in [6, 6.07) is 9.10. The number of pyridine rings is 1. The summed E-state index contributed by atoms with van der Waals surface area (Å²) in [6.07, 6.45) is -5.45. The van der Waals surface area contributed by atoms with Crippen LogP contribution in [0.15, 0.2) is 60.8 Å². The molecular formula is C27H32Cl4F3N7O4-4. The minimum absolute atomic E-state index is 0. The first kappa shape index (κ1) is 44.2. The van der Waals surface area contributed by atoms with Gasteiger partial charge in [-0.1, -0.05) is 30.3 Å². The molecule has 0 aliphatic carbocycles. The van der Waals surface area contributed by atoms with Gasteiger partial charge < -0.3 is 87.5 Å². The number of nitrogens with zero attached hydrogens (tertiary/aromatic N) is 2. The lowest BCUT2D eigenvalue weighted by Gasteiger charge is -2.26. The van der Waals surface area contributed by atoms with Crippen LogP contribution in [-0.4, -0.2) is 71.0 Å². The van der Waals surface area contributed by atoms with Gasteiger partial charge in [-0.05, 0) is 29.8 Å². The minimum atomic E-state index is -4.61. The molecule has 0 saturated heterocycles. The van der Waals surface area contributed by atoms with Crippen molar-refractivity contribution in [1.29, 1.82) is 0 Å². The third-order valence-electron chi connectivity index (χ3n) is 6.22. The molecule has 0 aliphatic rings. The topological polar surface area (TPSA) is 190 Å². The van der Waals surface area contributed by atoms with Gasteiger partial charge >= 0.3 is 6.18 Å². The molecule has 3 rings (SSSR count). The quantitative estimate of drug-likeness (QED) is 0.107. The van der Waals surface area contributed by atoms with Crippen LogP contribution in [0.25, 0.3) is 10.9 Å². The first-order valence-corrected chi connectivity index (χ1v) is 12.7. The Bertz CT molecular complexity index is 1370. The lowest BCUT2D eigenvalue weighted by Crippen LogP contribution is -3.00. The fraction of sp³-hybridized carbons (Fsp3) is 0.333. The lowest BCUT2D eigenvalue weighted by atomic mass is 9.99. The summed E-state index contributed by atoms with van der Waals surface area (Å²) < 4.78 is 39.1. The number of halogens is 7. The molecule has 2 aromatic carbocycles. The molecule has 3 atom stereocenters. The van der Waals surface area contributed by atoms with Crippen molar-refractivity contribution in [2.24, 2.45) is 17.2 Å². The van der Waals surface area contributed by atoms with Crippen LogP contribution in [0.4, 0.5) is 18.9 Å². The Labute approximate surface area is 282 Å². The number of para-hydroxylation sites is 1. The molecule has 0 radical (unpaired) electrons. The normalized spacial score (nSPS) is 12.5. The number of alkyl halides is 3.